The van der Waals surface area contributed by atoms with Gasteiger partial charge in [0.2, 0.25) is 5.91 Å². The van der Waals surface area contributed by atoms with Gasteiger partial charge in [0.05, 0.1) is 10.6 Å². The van der Waals surface area contributed by atoms with Gasteiger partial charge in [-0.05, 0) is 12.1 Å². The molecule has 9 heteroatoms. The van der Waals surface area contributed by atoms with E-state index in [2.05, 4.69) is 16.0 Å². The van der Waals surface area contributed by atoms with Crippen molar-refractivity contribution < 1.29 is 9.72 Å². The van der Waals surface area contributed by atoms with Gasteiger partial charge in [-0.15, -0.1) is 0 Å². The molecule has 0 radical (unpaired) electrons. The van der Waals surface area contributed by atoms with E-state index in [1.54, 1.807) is 17.1 Å². The Morgan fingerprint density at radius 1 is 1.00 bits per heavy atom. The van der Waals surface area contributed by atoms with Crippen LogP contribution in [-0.4, -0.2) is 68.2 Å². The van der Waals surface area contributed by atoms with E-state index in [1.807, 2.05) is 5.01 Å². The van der Waals surface area contributed by atoms with E-state index in [1.165, 1.54) is 19.1 Å². The van der Waals surface area contributed by atoms with Gasteiger partial charge in [-0.25, -0.2) is 10.0 Å². The molecule has 0 atom stereocenters. The zero-order chi connectivity index (χ0) is 18.1. The first kappa shape index (κ1) is 19.3. The Balaban J connectivity index is 2.13. The number of nitrogens with zero attached hydrogens (tertiary/aromatic N) is 3. The summed E-state index contributed by atoms with van der Waals surface area (Å²) in [5.74, 6) is -0.123. The number of nitro benzene ring substituents is 1. The van der Waals surface area contributed by atoms with Crippen molar-refractivity contribution in [1.82, 2.24) is 21.0 Å². The largest absolute Gasteiger partial charge is 0.314 e. The molecule has 1 fully saturated rings. The van der Waals surface area contributed by atoms with Crippen LogP contribution in [0.1, 0.15) is 6.92 Å². The second-order valence-electron chi connectivity index (χ2n) is 5.81. The van der Waals surface area contributed by atoms with Gasteiger partial charge in [-0.1, -0.05) is 0 Å². The Bertz CT molecular complexity index is 553. The van der Waals surface area contributed by atoms with Crippen LogP contribution >= 0.6 is 0 Å². The minimum atomic E-state index is -0.444. The fraction of sp³-hybridized carbons (Fsp3) is 0.562. The van der Waals surface area contributed by atoms with E-state index >= 15 is 0 Å². The monoisotopic (exact) mass is 350 g/mol. The van der Waals surface area contributed by atoms with E-state index in [-0.39, 0.29) is 11.6 Å². The van der Waals surface area contributed by atoms with Crippen molar-refractivity contribution in [3.8, 4) is 0 Å². The molecular weight excluding hydrogens is 324 g/mol. The first-order valence-corrected chi connectivity index (χ1v) is 8.52. The quantitative estimate of drug-likeness (QED) is 0.519. The second-order valence-corrected chi connectivity index (χ2v) is 5.81. The first-order chi connectivity index (χ1) is 12.1. The minimum Gasteiger partial charge on any atom is -0.314 e. The highest BCUT2D eigenvalue weighted by atomic mass is 16.6. The van der Waals surface area contributed by atoms with Crippen LogP contribution in [0, 0.1) is 10.1 Å². The molecule has 1 aliphatic heterocycles. The fourth-order valence-electron chi connectivity index (χ4n) is 2.72. The average molecular weight is 350 g/mol. The van der Waals surface area contributed by atoms with Crippen molar-refractivity contribution in [2.24, 2.45) is 0 Å². The van der Waals surface area contributed by atoms with E-state index in [4.69, 9.17) is 0 Å². The molecule has 1 aliphatic rings. The number of hydrogen-bond acceptors (Lipinski definition) is 7. The SMILES string of the molecule is CC(=O)N(c1ccc([N+](=O)[O-])cc1)N1CCNCCNCCNCC1. The lowest BCUT2D eigenvalue weighted by Gasteiger charge is -2.34. The molecule has 0 bridgehead atoms. The normalized spacial score (nSPS) is 18.0. The molecule has 1 amide bonds. The summed E-state index contributed by atoms with van der Waals surface area (Å²) in [7, 11) is 0. The molecule has 1 saturated heterocycles. The van der Waals surface area contributed by atoms with Crippen LogP contribution in [0.3, 0.4) is 0 Å². The fourth-order valence-corrected chi connectivity index (χ4v) is 2.72. The third-order valence-electron chi connectivity index (χ3n) is 3.94. The van der Waals surface area contributed by atoms with Gasteiger partial charge < -0.3 is 16.0 Å². The lowest BCUT2D eigenvalue weighted by molar-refractivity contribution is -0.384. The topological polar surface area (TPSA) is 103 Å². The summed E-state index contributed by atoms with van der Waals surface area (Å²) in [4.78, 5) is 22.6. The minimum absolute atomic E-state index is 0.0109. The molecule has 138 valence electrons. The highest BCUT2D eigenvalue weighted by Crippen LogP contribution is 2.21. The lowest BCUT2D eigenvalue weighted by atomic mass is 10.2. The number of nitrogens with one attached hydrogen (secondary N) is 3. The Morgan fingerprint density at radius 3 is 1.92 bits per heavy atom. The number of benzene rings is 1. The Labute approximate surface area is 147 Å². The summed E-state index contributed by atoms with van der Waals surface area (Å²) in [6.45, 7) is 7.87. The van der Waals surface area contributed by atoms with Gasteiger partial charge in [0.1, 0.15) is 0 Å². The highest BCUT2D eigenvalue weighted by Gasteiger charge is 2.21. The smallest absolute Gasteiger partial charge is 0.269 e. The molecule has 3 N–H and O–H groups in total. The number of non-ortho nitro benzene ring substituents is 1. The van der Waals surface area contributed by atoms with Gasteiger partial charge >= 0.3 is 0 Å². The van der Waals surface area contributed by atoms with Crippen LogP contribution in [0.15, 0.2) is 24.3 Å². The number of carbonyl (C=O) groups excluding carboxylic acids is 1. The molecule has 2 rings (SSSR count). The third kappa shape index (κ3) is 6.05. The van der Waals surface area contributed by atoms with Gasteiger partial charge in [0, 0.05) is 71.4 Å². The summed E-state index contributed by atoms with van der Waals surface area (Å²) in [6, 6.07) is 6.06. The molecular formula is C16H26N6O3. The number of amides is 1. The number of anilines is 1. The van der Waals surface area contributed by atoms with Gasteiger partial charge in [-0.2, -0.15) is 0 Å². The summed E-state index contributed by atoms with van der Waals surface area (Å²) >= 11 is 0. The van der Waals surface area contributed by atoms with Crippen LogP contribution in [0.25, 0.3) is 0 Å². The van der Waals surface area contributed by atoms with Gasteiger partial charge in [0.25, 0.3) is 5.69 Å². The molecule has 1 aromatic rings. The predicted molar refractivity (Wildman–Crippen MR) is 96.4 cm³/mol. The number of carbonyl (C=O) groups is 1. The van der Waals surface area contributed by atoms with Crippen molar-refractivity contribution in [3.63, 3.8) is 0 Å². The summed E-state index contributed by atoms with van der Waals surface area (Å²) in [6.07, 6.45) is 0. The highest BCUT2D eigenvalue weighted by molar-refractivity contribution is 5.90. The Kier molecular flexibility index (Phi) is 7.74. The van der Waals surface area contributed by atoms with Crippen molar-refractivity contribution in [1.29, 1.82) is 0 Å². The maximum atomic E-state index is 12.2. The van der Waals surface area contributed by atoms with Crippen molar-refractivity contribution in [2.75, 3.05) is 57.4 Å². The van der Waals surface area contributed by atoms with Gasteiger partial charge in [-0.3, -0.25) is 14.9 Å². The van der Waals surface area contributed by atoms with Crippen LogP contribution in [0.4, 0.5) is 11.4 Å². The number of hydrazine groups is 1. The molecule has 0 aliphatic carbocycles. The number of nitro groups is 1. The summed E-state index contributed by atoms with van der Waals surface area (Å²) in [5, 5.41) is 24.4. The van der Waals surface area contributed by atoms with E-state index in [0.29, 0.717) is 18.8 Å². The Hall–Kier alpha value is -2.07. The Morgan fingerprint density at radius 2 is 1.48 bits per heavy atom. The molecule has 0 unspecified atom stereocenters. The summed E-state index contributed by atoms with van der Waals surface area (Å²) in [5.41, 5.74) is 0.642. The predicted octanol–water partition coefficient (Wildman–Crippen LogP) is -0.0529. The molecule has 25 heavy (non-hydrogen) atoms. The van der Waals surface area contributed by atoms with E-state index in [9.17, 15) is 14.9 Å². The van der Waals surface area contributed by atoms with Crippen LogP contribution in [0.2, 0.25) is 0 Å². The molecule has 0 saturated carbocycles. The van der Waals surface area contributed by atoms with Crippen LogP contribution < -0.4 is 21.0 Å². The molecule has 9 nitrogen and oxygen atoms in total. The van der Waals surface area contributed by atoms with Crippen LogP contribution in [0.5, 0.6) is 0 Å². The molecule has 1 aromatic carbocycles. The van der Waals surface area contributed by atoms with Crippen molar-refractivity contribution >= 4 is 17.3 Å². The number of hydrogen-bond donors (Lipinski definition) is 3. The molecule has 1 heterocycles. The first-order valence-electron chi connectivity index (χ1n) is 8.52. The zero-order valence-electron chi connectivity index (χ0n) is 14.5. The van der Waals surface area contributed by atoms with Crippen LogP contribution in [-0.2, 0) is 4.79 Å². The maximum Gasteiger partial charge on any atom is 0.269 e. The van der Waals surface area contributed by atoms with E-state index in [0.717, 1.165) is 39.3 Å². The lowest BCUT2D eigenvalue weighted by Crippen LogP contribution is -2.51. The van der Waals surface area contributed by atoms with Gasteiger partial charge in [0.15, 0.2) is 0 Å². The second kappa shape index (κ2) is 10.0. The van der Waals surface area contributed by atoms with Crippen molar-refractivity contribution in [3.05, 3.63) is 34.4 Å². The zero-order valence-corrected chi connectivity index (χ0v) is 14.5. The van der Waals surface area contributed by atoms with Crippen molar-refractivity contribution in [2.45, 2.75) is 6.92 Å². The third-order valence-corrected chi connectivity index (χ3v) is 3.94. The number of rotatable bonds is 3. The molecule has 0 aromatic heterocycles. The molecule has 0 spiro atoms. The average Bonchev–Trinajstić information content (AvgIpc) is 2.57. The maximum absolute atomic E-state index is 12.2. The standard InChI is InChI=1S/C16H26N6O3/c1-14(23)21(15-2-4-16(5-3-15)22(24)25)20-12-10-18-8-6-17-7-9-19-11-13-20/h2-5,17-19H,6-13H2,1H3. The van der Waals surface area contributed by atoms with E-state index < -0.39 is 4.92 Å². The summed E-state index contributed by atoms with van der Waals surface area (Å²) < 4.78 is 0.